The van der Waals surface area contributed by atoms with Gasteiger partial charge in [-0.05, 0) is 79.0 Å². The highest BCUT2D eigenvalue weighted by Gasteiger charge is 2.19. The number of sulfone groups is 1. The second-order valence-electron chi connectivity index (χ2n) is 7.69. The molecule has 0 aliphatic carbocycles. The Kier molecular flexibility index (Phi) is 10.1. The summed E-state index contributed by atoms with van der Waals surface area (Å²) in [6.07, 6.45) is 0.0191. The SMILES string of the molecule is CC(=O)Oc1ccc(S(=O)(=O)c2ccc(CCNC[C@@H](O)c3cccc(Cl)c3)cc2)cc1C.Cl. The summed E-state index contributed by atoms with van der Waals surface area (Å²) in [5, 5.41) is 14.0. The van der Waals surface area contributed by atoms with Gasteiger partial charge in [0, 0.05) is 18.5 Å². The lowest BCUT2D eigenvalue weighted by atomic mass is 10.1. The number of ether oxygens (including phenoxy) is 1. The summed E-state index contributed by atoms with van der Waals surface area (Å²) in [7, 11) is -3.69. The van der Waals surface area contributed by atoms with Crippen molar-refractivity contribution in [2.75, 3.05) is 13.1 Å². The van der Waals surface area contributed by atoms with Crippen LogP contribution in [0, 0.1) is 6.92 Å². The Morgan fingerprint density at radius 3 is 2.35 bits per heavy atom. The van der Waals surface area contributed by atoms with Gasteiger partial charge in [-0.15, -0.1) is 12.4 Å². The highest BCUT2D eigenvalue weighted by atomic mass is 35.5. The zero-order chi connectivity index (χ0) is 24.0. The maximum atomic E-state index is 13.0. The van der Waals surface area contributed by atoms with Crippen LogP contribution in [0.5, 0.6) is 5.75 Å². The van der Waals surface area contributed by atoms with Crippen LogP contribution >= 0.6 is 24.0 Å². The fraction of sp³-hybridized carbons (Fsp3) is 0.240. The molecule has 0 aromatic heterocycles. The molecule has 3 aromatic rings. The lowest BCUT2D eigenvalue weighted by molar-refractivity contribution is -0.131. The molecule has 182 valence electrons. The Hall–Kier alpha value is -2.42. The van der Waals surface area contributed by atoms with E-state index < -0.39 is 21.9 Å². The number of benzene rings is 3. The van der Waals surface area contributed by atoms with Crippen molar-refractivity contribution in [2.24, 2.45) is 0 Å². The van der Waals surface area contributed by atoms with Gasteiger partial charge >= 0.3 is 5.97 Å². The Bertz CT molecular complexity index is 1230. The van der Waals surface area contributed by atoms with E-state index in [9.17, 15) is 18.3 Å². The lowest BCUT2D eigenvalue weighted by Crippen LogP contribution is -2.23. The minimum atomic E-state index is -3.69. The number of halogens is 2. The maximum absolute atomic E-state index is 13.0. The normalized spacial score (nSPS) is 12.0. The van der Waals surface area contributed by atoms with Gasteiger partial charge in [-0.1, -0.05) is 35.9 Å². The summed E-state index contributed by atoms with van der Waals surface area (Å²) in [5.41, 5.74) is 2.29. The van der Waals surface area contributed by atoms with E-state index in [1.54, 1.807) is 49.4 Å². The largest absolute Gasteiger partial charge is 0.426 e. The minimum Gasteiger partial charge on any atom is -0.426 e. The molecule has 3 aromatic carbocycles. The average Bonchev–Trinajstić information content (AvgIpc) is 2.78. The number of aliphatic hydroxyl groups excluding tert-OH is 1. The molecule has 1 atom stereocenters. The van der Waals surface area contributed by atoms with Crippen LogP contribution in [-0.4, -0.2) is 32.6 Å². The van der Waals surface area contributed by atoms with Crippen molar-refractivity contribution in [3.05, 3.63) is 88.4 Å². The molecule has 0 aliphatic heterocycles. The van der Waals surface area contributed by atoms with E-state index in [2.05, 4.69) is 5.32 Å². The maximum Gasteiger partial charge on any atom is 0.308 e. The number of aliphatic hydroxyl groups is 1. The van der Waals surface area contributed by atoms with Crippen LogP contribution in [0.25, 0.3) is 0 Å². The van der Waals surface area contributed by atoms with Crippen LogP contribution in [0.4, 0.5) is 0 Å². The minimum absolute atomic E-state index is 0. The number of carbonyl (C=O) groups is 1. The molecule has 0 saturated heterocycles. The van der Waals surface area contributed by atoms with Crippen molar-refractivity contribution in [3.63, 3.8) is 0 Å². The average molecular weight is 524 g/mol. The number of carbonyl (C=O) groups excluding carboxylic acids is 1. The van der Waals surface area contributed by atoms with Crippen LogP contribution < -0.4 is 10.1 Å². The number of rotatable bonds is 9. The fourth-order valence-corrected chi connectivity index (χ4v) is 4.88. The number of hydrogen-bond donors (Lipinski definition) is 2. The molecule has 6 nitrogen and oxygen atoms in total. The summed E-state index contributed by atoms with van der Waals surface area (Å²) >= 11 is 5.95. The third kappa shape index (κ3) is 7.29. The van der Waals surface area contributed by atoms with Crippen molar-refractivity contribution in [2.45, 2.75) is 36.2 Å². The highest BCUT2D eigenvalue weighted by Crippen LogP contribution is 2.27. The molecular weight excluding hydrogens is 497 g/mol. The van der Waals surface area contributed by atoms with Crippen molar-refractivity contribution in [1.82, 2.24) is 5.32 Å². The van der Waals surface area contributed by atoms with Crippen molar-refractivity contribution < 1.29 is 23.1 Å². The molecule has 0 unspecified atom stereocenters. The van der Waals surface area contributed by atoms with Gasteiger partial charge in [0.1, 0.15) is 5.75 Å². The Labute approximate surface area is 211 Å². The molecule has 34 heavy (non-hydrogen) atoms. The van der Waals surface area contributed by atoms with Gasteiger partial charge in [0.15, 0.2) is 0 Å². The molecule has 0 fully saturated rings. The van der Waals surface area contributed by atoms with E-state index in [1.807, 2.05) is 6.07 Å². The molecule has 0 amide bonds. The van der Waals surface area contributed by atoms with Gasteiger partial charge in [0.05, 0.1) is 15.9 Å². The molecule has 0 saturated carbocycles. The molecule has 0 bridgehead atoms. The molecule has 2 N–H and O–H groups in total. The van der Waals surface area contributed by atoms with Crippen LogP contribution in [-0.2, 0) is 21.1 Å². The molecular formula is C25H27Cl2NO5S. The van der Waals surface area contributed by atoms with Crippen molar-refractivity contribution >= 4 is 39.8 Å². The van der Waals surface area contributed by atoms with Crippen molar-refractivity contribution in [1.29, 1.82) is 0 Å². The Morgan fingerprint density at radius 1 is 1.06 bits per heavy atom. The Balaban J connectivity index is 0.00000408. The topological polar surface area (TPSA) is 92.7 Å². The van der Waals surface area contributed by atoms with Gasteiger partial charge < -0.3 is 15.2 Å². The van der Waals surface area contributed by atoms with Gasteiger partial charge in [0.2, 0.25) is 9.84 Å². The monoisotopic (exact) mass is 523 g/mol. The third-order valence-corrected chi connectivity index (χ3v) is 7.11. The first kappa shape index (κ1) is 27.8. The Morgan fingerprint density at radius 2 is 1.74 bits per heavy atom. The van der Waals surface area contributed by atoms with Crippen LogP contribution in [0.2, 0.25) is 5.02 Å². The standard InChI is InChI=1S/C25H26ClNO5S.ClH/c1-17-14-23(10-11-25(17)32-18(2)28)33(30,31)22-8-6-19(7-9-22)12-13-27-16-24(29)20-4-3-5-21(26)15-20;/h3-11,14-15,24,27,29H,12-13,16H2,1-2H3;1H/t24-;/m1./s1. The zero-order valence-corrected chi connectivity index (χ0v) is 21.2. The van der Waals surface area contributed by atoms with Gasteiger partial charge in [-0.2, -0.15) is 0 Å². The van der Waals surface area contributed by atoms with Crippen LogP contribution in [0.1, 0.15) is 29.7 Å². The van der Waals surface area contributed by atoms with Crippen LogP contribution in [0.3, 0.4) is 0 Å². The van der Waals surface area contributed by atoms with E-state index in [4.69, 9.17) is 16.3 Å². The van der Waals surface area contributed by atoms with Gasteiger partial charge in [-0.25, -0.2) is 8.42 Å². The lowest BCUT2D eigenvalue weighted by Gasteiger charge is -2.13. The quantitative estimate of drug-likeness (QED) is 0.240. The summed E-state index contributed by atoms with van der Waals surface area (Å²) in [5.74, 6) is -0.123. The molecule has 9 heteroatoms. The summed E-state index contributed by atoms with van der Waals surface area (Å²) in [6.45, 7) is 4.00. The third-order valence-electron chi connectivity index (χ3n) is 5.11. The molecule has 3 rings (SSSR count). The smallest absolute Gasteiger partial charge is 0.308 e. The number of aryl methyl sites for hydroxylation is 1. The predicted molar refractivity (Wildman–Crippen MR) is 135 cm³/mol. The van der Waals surface area contributed by atoms with Crippen molar-refractivity contribution in [3.8, 4) is 5.75 Å². The second kappa shape index (κ2) is 12.3. The van der Waals surface area contributed by atoms with E-state index in [-0.39, 0.29) is 22.2 Å². The molecule has 0 aliphatic rings. The van der Waals surface area contributed by atoms with E-state index in [0.717, 1.165) is 11.1 Å². The van der Waals surface area contributed by atoms with E-state index >= 15 is 0 Å². The first-order chi connectivity index (χ1) is 15.7. The number of esters is 1. The fourth-order valence-electron chi connectivity index (χ4n) is 3.33. The number of hydrogen-bond acceptors (Lipinski definition) is 6. The van der Waals surface area contributed by atoms with Gasteiger partial charge in [0.25, 0.3) is 0 Å². The number of nitrogens with one attached hydrogen (secondary N) is 1. The summed E-state index contributed by atoms with van der Waals surface area (Å²) in [4.78, 5) is 11.5. The first-order valence-electron chi connectivity index (χ1n) is 10.4. The van der Waals surface area contributed by atoms with E-state index in [1.165, 1.54) is 25.1 Å². The molecule has 0 spiro atoms. The highest BCUT2D eigenvalue weighted by molar-refractivity contribution is 7.91. The zero-order valence-electron chi connectivity index (χ0n) is 18.8. The molecule has 0 radical (unpaired) electrons. The molecule has 0 heterocycles. The van der Waals surface area contributed by atoms with Gasteiger partial charge in [-0.3, -0.25) is 4.79 Å². The first-order valence-corrected chi connectivity index (χ1v) is 12.3. The second-order valence-corrected chi connectivity index (χ2v) is 10.1. The van der Waals surface area contributed by atoms with E-state index in [0.29, 0.717) is 35.8 Å². The van der Waals surface area contributed by atoms with Crippen LogP contribution in [0.15, 0.2) is 76.5 Å². The summed E-state index contributed by atoms with van der Waals surface area (Å²) < 4.78 is 31.0. The predicted octanol–water partition coefficient (Wildman–Crippen LogP) is 4.69. The summed E-state index contributed by atoms with van der Waals surface area (Å²) in [6, 6.07) is 18.3.